The van der Waals surface area contributed by atoms with E-state index in [2.05, 4.69) is 10.3 Å². The molecule has 0 aliphatic heterocycles. The molecule has 2 aromatic carbocycles. The number of alkyl halides is 3. The normalized spacial score (nSPS) is 11.3. The molecule has 0 aliphatic rings. The van der Waals surface area contributed by atoms with Gasteiger partial charge in [-0.1, -0.05) is 12.1 Å². The van der Waals surface area contributed by atoms with Crippen molar-refractivity contribution in [3.63, 3.8) is 0 Å². The maximum absolute atomic E-state index is 12.9. The van der Waals surface area contributed by atoms with Crippen molar-refractivity contribution in [2.45, 2.75) is 12.7 Å². The summed E-state index contributed by atoms with van der Waals surface area (Å²) in [6.45, 7) is -0.323. The number of carbonyl (C=O) groups excluding carboxylic acids is 1. The molecule has 5 nitrogen and oxygen atoms in total. The SMILES string of the molecule is O=C(Cn1cnc(-c2ccc(C(F)(F)F)cc2)cc1=O)Nc1ccc(F)cc1. The molecule has 1 amide bonds. The van der Waals surface area contributed by atoms with Crippen LogP contribution < -0.4 is 10.9 Å². The fourth-order valence-electron chi connectivity index (χ4n) is 2.42. The van der Waals surface area contributed by atoms with Gasteiger partial charge < -0.3 is 5.32 Å². The molecular weight excluding hydrogens is 378 g/mol. The van der Waals surface area contributed by atoms with Gasteiger partial charge in [-0.05, 0) is 36.4 Å². The van der Waals surface area contributed by atoms with E-state index in [-0.39, 0.29) is 12.2 Å². The second-order valence-corrected chi connectivity index (χ2v) is 5.87. The van der Waals surface area contributed by atoms with Crippen LogP contribution in [0.1, 0.15) is 5.56 Å². The van der Waals surface area contributed by atoms with Gasteiger partial charge >= 0.3 is 6.18 Å². The number of nitrogens with zero attached hydrogens (tertiary/aromatic N) is 2. The topological polar surface area (TPSA) is 64.0 Å². The first-order valence-electron chi connectivity index (χ1n) is 8.02. The van der Waals surface area contributed by atoms with Gasteiger partial charge in [0.2, 0.25) is 5.91 Å². The number of rotatable bonds is 4. The molecule has 1 N–H and O–H groups in total. The van der Waals surface area contributed by atoms with E-state index in [1.807, 2.05) is 0 Å². The first kappa shape index (κ1) is 19.3. The Morgan fingerprint density at radius 2 is 1.68 bits per heavy atom. The highest BCUT2D eigenvalue weighted by Crippen LogP contribution is 2.30. The molecule has 3 rings (SSSR count). The first-order chi connectivity index (χ1) is 13.2. The van der Waals surface area contributed by atoms with Gasteiger partial charge in [0.25, 0.3) is 5.56 Å². The molecule has 1 aromatic heterocycles. The number of carbonyl (C=O) groups is 1. The maximum atomic E-state index is 12.9. The number of halogens is 4. The minimum atomic E-state index is -4.45. The smallest absolute Gasteiger partial charge is 0.325 e. The van der Waals surface area contributed by atoms with E-state index in [1.165, 1.54) is 36.4 Å². The van der Waals surface area contributed by atoms with E-state index >= 15 is 0 Å². The Morgan fingerprint density at radius 3 is 2.25 bits per heavy atom. The Bertz CT molecular complexity index is 1040. The van der Waals surface area contributed by atoms with Gasteiger partial charge in [0.15, 0.2) is 0 Å². The Labute approximate surface area is 156 Å². The molecule has 0 saturated heterocycles. The molecule has 0 bridgehead atoms. The van der Waals surface area contributed by atoms with Gasteiger partial charge in [0, 0.05) is 17.3 Å². The van der Waals surface area contributed by atoms with Crippen LogP contribution in [-0.2, 0) is 17.5 Å². The van der Waals surface area contributed by atoms with Crippen molar-refractivity contribution in [3.8, 4) is 11.3 Å². The van der Waals surface area contributed by atoms with E-state index in [0.717, 1.165) is 29.1 Å². The quantitative estimate of drug-likeness (QED) is 0.690. The molecule has 0 spiro atoms. The lowest BCUT2D eigenvalue weighted by Gasteiger charge is -2.09. The Balaban J connectivity index is 1.72. The summed E-state index contributed by atoms with van der Waals surface area (Å²) in [5.41, 5.74) is -0.447. The summed E-state index contributed by atoms with van der Waals surface area (Å²) in [5, 5.41) is 2.51. The summed E-state index contributed by atoms with van der Waals surface area (Å²) >= 11 is 0. The van der Waals surface area contributed by atoms with Gasteiger partial charge in [-0.15, -0.1) is 0 Å². The summed E-state index contributed by atoms with van der Waals surface area (Å²) in [6.07, 6.45) is -3.31. The number of hydrogen-bond donors (Lipinski definition) is 1. The zero-order valence-electron chi connectivity index (χ0n) is 14.2. The van der Waals surface area contributed by atoms with Crippen molar-refractivity contribution in [3.05, 3.63) is 82.7 Å². The van der Waals surface area contributed by atoms with Crippen molar-refractivity contribution in [1.82, 2.24) is 9.55 Å². The third-order valence-corrected chi connectivity index (χ3v) is 3.83. The number of benzene rings is 2. The minimum absolute atomic E-state index is 0.189. The highest BCUT2D eigenvalue weighted by atomic mass is 19.4. The highest BCUT2D eigenvalue weighted by molar-refractivity contribution is 5.90. The van der Waals surface area contributed by atoms with Gasteiger partial charge in [0.1, 0.15) is 12.4 Å². The molecule has 28 heavy (non-hydrogen) atoms. The molecular formula is C19H13F4N3O2. The van der Waals surface area contributed by atoms with Crippen molar-refractivity contribution in [1.29, 1.82) is 0 Å². The molecule has 0 fully saturated rings. The van der Waals surface area contributed by atoms with Crippen LogP contribution in [0, 0.1) is 5.82 Å². The molecule has 0 aliphatic carbocycles. The summed E-state index contributed by atoms with van der Waals surface area (Å²) in [7, 11) is 0. The minimum Gasteiger partial charge on any atom is -0.325 e. The third-order valence-electron chi connectivity index (χ3n) is 3.83. The van der Waals surface area contributed by atoms with Crippen molar-refractivity contribution in [2.24, 2.45) is 0 Å². The van der Waals surface area contributed by atoms with E-state index in [1.54, 1.807) is 0 Å². The van der Waals surface area contributed by atoms with E-state index in [0.29, 0.717) is 11.3 Å². The lowest BCUT2D eigenvalue weighted by atomic mass is 10.1. The summed E-state index contributed by atoms with van der Waals surface area (Å²) in [4.78, 5) is 28.2. The van der Waals surface area contributed by atoms with Crippen LogP contribution in [0.2, 0.25) is 0 Å². The summed E-state index contributed by atoms with van der Waals surface area (Å²) in [5.74, 6) is -0.963. The first-order valence-corrected chi connectivity index (χ1v) is 8.02. The van der Waals surface area contributed by atoms with E-state index in [4.69, 9.17) is 0 Å². The van der Waals surface area contributed by atoms with Crippen LogP contribution in [0.25, 0.3) is 11.3 Å². The molecule has 0 atom stereocenters. The molecule has 0 radical (unpaired) electrons. The molecule has 9 heteroatoms. The van der Waals surface area contributed by atoms with Crippen LogP contribution in [0.15, 0.2) is 65.7 Å². The average Bonchev–Trinajstić information content (AvgIpc) is 2.65. The number of hydrogen-bond acceptors (Lipinski definition) is 3. The van der Waals surface area contributed by atoms with Crippen molar-refractivity contribution >= 4 is 11.6 Å². The standard InChI is InChI=1S/C19H13F4N3O2/c20-14-5-7-15(8-6-14)25-17(27)10-26-11-24-16(9-18(26)28)12-1-3-13(4-2-12)19(21,22)23/h1-9,11H,10H2,(H,25,27). The Morgan fingerprint density at radius 1 is 1.04 bits per heavy atom. The van der Waals surface area contributed by atoms with Gasteiger partial charge in [-0.25, -0.2) is 9.37 Å². The predicted molar refractivity (Wildman–Crippen MR) is 94.0 cm³/mol. The molecule has 1 heterocycles. The monoisotopic (exact) mass is 391 g/mol. The number of anilines is 1. The van der Waals surface area contributed by atoms with Crippen LogP contribution >= 0.6 is 0 Å². The Hall–Kier alpha value is -3.49. The third kappa shape index (κ3) is 4.61. The number of aromatic nitrogens is 2. The van der Waals surface area contributed by atoms with Crippen LogP contribution in [0.3, 0.4) is 0 Å². The number of nitrogens with one attached hydrogen (secondary N) is 1. The fourth-order valence-corrected chi connectivity index (χ4v) is 2.42. The van der Waals surface area contributed by atoms with Crippen molar-refractivity contribution < 1.29 is 22.4 Å². The number of amides is 1. The van der Waals surface area contributed by atoms with Crippen molar-refractivity contribution in [2.75, 3.05) is 5.32 Å². The summed E-state index contributed by atoms with van der Waals surface area (Å²) in [6, 6.07) is 10.5. The van der Waals surface area contributed by atoms with Crippen LogP contribution in [0.5, 0.6) is 0 Å². The second-order valence-electron chi connectivity index (χ2n) is 5.87. The zero-order chi connectivity index (χ0) is 20.3. The predicted octanol–water partition coefficient (Wildman–Crippen LogP) is 3.71. The average molecular weight is 391 g/mol. The lowest BCUT2D eigenvalue weighted by Crippen LogP contribution is -2.27. The fraction of sp³-hybridized carbons (Fsp3) is 0.105. The second kappa shape index (κ2) is 7.63. The lowest BCUT2D eigenvalue weighted by molar-refractivity contribution is -0.137. The maximum Gasteiger partial charge on any atom is 0.416 e. The molecule has 144 valence electrons. The summed E-state index contributed by atoms with van der Waals surface area (Å²) < 4.78 is 51.7. The van der Waals surface area contributed by atoms with E-state index < -0.39 is 29.0 Å². The highest BCUT2D eigenvalue weighted by Gasteiger charge is 2.30. The molecule has 3 aromatic rings. The zero-order valence-corrected chi connectivity index (χ0v) is 14.2. The van der Waals surface area contributed by atoms with Gasteiger partial charge in [-0.2, -0.15) is 13.2 Å². The molecule has 0 unspecified atom stereocenters. The largest absolute Gasteiger partial charge is 0.416 e. The van der Waals surface area contributed by atoms with Gasteiger partial charge in [0.05, 0.1) is 17.6 Å². The van der Waals surface area contributed by atoms with E-state index in [9.17, 15) is 27.2 Å². The van der Waals surface area contributed by atoms with Crippen LogP contribution in [-0.4, -0.2) is 15.5 Å². The molecule has 0 saturated carbocycles. The Kier molecular flexibility index (Phi) is 5.25. The van der Waals surface area contributed by atoms with Crippen LogP contribution in [0.4, 0.5) is 23.2 Å². The van der Waals surface area contributed by atoms with Gasteiger partial charge in [-0.3, -0.25) is 14.2 Å².